The van der Waals surface area contributed by atoms with Crippen LogP contribution in [0.25, 0.3) is 10.8 Å². The zero-order valence-corrected chi connectivity index (χ0v) is 15.9. The first kappa shape index (κ1) is 18.9. The second-order valence-corrected chi connectivity index (χ2v) is 7.10. The van der Waals surface area contributed by atoms with E-state index in [1.165, 1.54) is 10.9 Å². The highest BCUT2D eigenvalue weighted by molar-refractivity contribution is 9.10. The molecule has 3 aromatic carbocycles. The Labute approximate surface area is 159 Å². The van der Waals surface area contributed by atoms with E-state index >= 15 is 0 Å². The van der Waals surface area contributed by atoms with E-state index < -0.39 is 11.7 Å². The van der Waals surface area contributed by atoms with E-state index in [9.17, 15) is 13.2 Å². The summed E-state index contributed by atoms with van der Waals surface area (Å²) in [6.07, 6.45) is -4.29. The standard InChI is InChI=1S/C21H19BrF3N/c1-2-26(13-15-7-10-17(11-8-15)21(23,24)25)14-16-9-12-20(22)19-6-4-3-5-18(16)19/h3-12H,2,13-14H2,1H3. The molecule has 3 rings (SSSR count). The molecular weight excluding hydrogens is 403 g/mol. The minimum atomic E-state index is -4.29. The predicted molar refractivity (Wildman–Crippen MR) is 103 cm³/mol. The van der Waals surface area contributed by atoms with E-state index in [1.54, 1.807) is 12.1 Å². The van der Waals surface area contributed by atoms with Crippen molar-refractivity contribution in [1.29, 1.82) is 0 Å². The molecule has 0 unspecified atom stereocenters. The monoisotopic (exact) mass is 421 g/mol. The number of fused-ring (bicyclic) bond motifs is 1. The molecule has 0 aromatic heterocycles. The molecule has 0 spiro atoms. The molecule has 0 amide bonds. The maximum atomic E-state index is 12.7. The summed E-state index contributed by atoms with van der Waals surface area (Å²) in [6.45, 7) is 4.22. The zero-order chi connectivity index (χ0) is 18.7. The highest BCUT2D eigenvalue weighted by Crippen LogP contribution is 2.30. The van der Waals surface area contributed by atoms with E-state index in [-0.39, 0.29) is 0 Å². The van der Waals surface area contributed by atoms with Gasteiger partial charge in [0, 0.05) is 17.6 Å². The van der Waals surface area contributed by atoms with Gasteiger partial charge in [-0.1, -0.05) is 65.3 Å². The van der Waals surface area contributed by atoms with E-state index in [0.29, 0.717) is 6.54 Å². The smallest absolute Gasteiger partial charge is 0.295 e. The van der Waals surface area contributed by atoms with Crippen molar-refractivity contribution in [3.05, 3.63) is 81.8 Å². The third kappa shape index (κ3) is 4.27. The van der Waals surface area contributed by atoms with E-state index in [1.807, 2.05) is 18.2 Å². The fraction of sp³-hybridized carbons (Fsp3) is 0.238. The number of rotatable bonds is 5. The summed E-state index contributed by atoms with van der Waals surface area (Å²) in [5.74, 6) is 0. The number of alkyl halides is 3. The first-order valence-corrected chi connectivity index (χ1v) is 9.22. The van der Waals surface area contributed by atoms with Crippen LogP contribution >= 0.6 is 15.9 Å². The molecule has 1 nitrogen and oxygen atoms in total. The average molecular weight is 422 g/mol. The van der Waals surface area contributed by atoms with Crippen LogP contribution in [0, 0.1) is 0 Å². The first-order chi connectivity index (χ1) is 12.4. The van der Waals surface area contributed by atoms with Crippen LogP contribution < -0.4 is 0 Å². The van der Waals surface area contributed by atoms with E-state index in [4.69, 9.17) is 0 Å². The van der Waals surface area contributed by atoms with Gasteiger partial charge in [0.2, 0.25) is 0 Å². The van der Waals surface area contributed by atoms with Crippen molar-refractivity contribution in [2.45, 2.75) is 26.2 Å². The quantitative estimate of drug-likeness (QED) is 0.445. The molecule has 0 N–H and O–H groups in total. The van der Waals surface area contributed by atoms with Crippen LogP contribution in [0.2, 0.25) is 0 Å². The Morgan fingerprint density at radius 3 is 2.12 bits per heavy atom. The number of halogens is 4. The van der Waals surface area contributed by atoms with Crippen LogP contribution in [0.3, 0.4) is 0 Å². The molecule has 0 bridgehead atoms. The van der Waals surface area contributed by atoms with Gasteiger partial charge in [-0.3, -0.25) is 4.90 Å². The van der Waals surface area contributed by atoms with E-state index in [2.05, 4.69) is 46.0 Å². The summed E-state index contributed by atoms with van der Waals surface area (Å²) < 4.78 is 39.2. The van der Waals surface area contributed by atoms with Gasteiger partial charge in [0.05, 0.1) is 5.56 Å². The molecule has 26 heavy (non-hydrogen) atoms. The van der Waals surface area contributed by atoms with Gasteiger partial charge < -0.3 is 0 Å². The van der Waals surface area contributed by atoms with Gasteiger partial charge in [0.25, 0.3) is 0 Å². The van der Waals surface area contributed by atoms with Crippen molar-refractivity contribution >= 4 is 26.7 Å². The van der Waals surface area contributed by atoms with Crippen molar-refractivity contribution in [1.82, 2.24) is 4.90 Å². The van der Waals surface area contributed by atoms with Gasteiger partial charge in [-0.05, 0) is 46.6 Å². The van der Waals surface area contributed by atoms with Gasteiger partial charge in [-0.15, -0.1) is 0 Å². The minimum Gasteiger partial charge on any atom is -0.295 e. The molecule has 0 saturated heterocycles. The van der Waals surface area contributed by atoms with Crippen LogP contribution in [-0.2, 0) is 19.3 Å². The van der Waals surface area contributed by atoms with Gasteiger partial charge >= 0.3 is 6.18 Å². The fourth-order valence-electron chi connectivity index (χ4n) is 3.04. The van der Waals surface area contributed by atoms with E-state index in [0.717, 1.165) is 40.6 Å². The molecule has 136 valence electrons. The van der Waals surface area contributed by atoms with Crippen LogP contribution in [0.4, 0.5) is 13.2 Å². The van der Waals surface area contributed by atoms with Gasteiger partial charge in [0.15, 0.2) is 0 Å². The lowest BCUT2D eigenvalue weighted by Gasteiger charge is -2.22. The summed E-state index contributed by atoms with van der Waals surface area (Å²) in [5.41, 5.74) is 1.47. The lowest BCUT2D eigenvalue weighted by molar-refractivity contribution is -0.137. The zero-order valence-electron chi connectivity index (χ0n) is 14.4. The van der Waals surface area contributed by atoms with Gasteiger partial charge in [0.1, 0.15) is 0 Å². The average Bonchev–Trinajstić information content (AvgIpc) is 2.63. The summed E-state index contributed by atoms with van der Waals surface area (Å²) in [5, 5.41) is 2.35. The lowest BCUT2D eigenvalue weighted by atomic mass is 10.0. The second-order valence-electron chi connectivity index (χ2n) is 6.25. The highest BCUT2D eigenvalue weighted by atomic mass is 79.9. The molecule has 0 saturated carbocycles. The SMILES string of the molecule is CCN(Cc1ccc(C(F)(F)F)cc1)Cc1ccc(Br)c2ccccc12. The topological polar surface area (TPSA) is 3.24 Å². The Bertz CT molecular complexity index is 888. The molecule has 0 aliphatic rings. The molecule has 0 radical (unpaired) electrons. The summed E-state index contributed by atoms with van der Waals surface area (Å²) >= 11 is 3.59. The number of hydrogen-bond acceptors (Lipinski definition) is 1. The fourth-order valence-corrected chi connectivity index (χ4v) is 3.52. The number of hydrogen-bond donors (Lipinski definition) is 0. The van der Waals surface area contributed by atoms with Crippen LogP contribution in [-0.4, -0.2) is 11.4 Å². The van der Waals surface area contributed by atoms with Crippen LogP contribution in [0.1, 0.15) is 23.6 Å². The predicted octanol–water partition coefficient (Wildman–Crippen LogP) is 6.64. The molecule has 0 aliphatic heterocycles. The van der Waals surface area contributed by atoms with Gasteiger partial charge in [-0.2, -0.15) is 13.2 Å². The highest BCUT2D eigenvalue weighted by Gasteiger charge is 2.29. The first-order valence-electron chi connectivity index (χ1n) is 8.43. The molecule has 0 fully saturated rings. The Balaban J connectivity index is 1.79. The molecule has 5 heteroatoms. The van der Waals surface area contributed by atoms with Crippen LogP contribution in [0.5, 0.6) is 0 Å². The van der Waals surface area contributed by atoms with Gasteiger partial charge in [-0.25, -0.2) is 0 Å². The summed E-state index contributed by atoms with van der Waals surface area (Å²) in [7, 11) is 0. The summed E-state index contributed by atoms with van der Waals surface area (Å²) in [6, 6.07) is 17.8. The maximum Gasteiger partial charge on any atom is 0.416 e. The molecule has 0 aliphatic carbocycles. The van der Waals surface area contributed by atoms with Crippen molar-refractivity contribution in [2.75, 3.05) is 6.54 Å². The second kappa shape index (κ2) is 7.80. The largest absolute Gasteiger partial charge is 0.416 e. The third-order valence-electron chi connectivity index (χ3n) is 4.49. The number of benzene rings is 3. The van der Waals surface area contributed by atoms with Crippen molar-refractivity contribution in [3.8, 4) is 0 Å². The normalized spacial score (nSPS) is 12.1. The van der Waals surface area contributed by atoms with Crippen molar-refractivity contribution in [2.24, 2.45) is 0 Å². The Morgan fingerprint density at radius 2 is 1.50 bits per heavy atom. The van der Waals surface area contributed by atoms with Crippen LogP contribution in [0.15, 0.2) is 65.1 Å². The Morgan fingerprint density at radius 1 is 0.846 bits per heavy atom. The van der Waals surface area contributed by atoms with Crippen molar-refractivity contribution < 1.29 is 13.2 Å². The molecular formula is C21H19BrF3N. The Kier molecular flexibility index (Phi) is 5.68. The molecule has 0 atom stereocenters. The number of nitrogens with zero attached hydrogens (tertiary/aromatic N) is 1. The third-order valence-corrected chi connectivity index (χ3v) is 5.18. The molecule has 0 heterocycles. The lowest BCUT2D eigenvalue weighted by Crippen LogP contribution is -2.22. The minimum absolute atomic E-state index is 0.608. The Hall–Kier alpha value is -1.85. The summed E-state index contributed by atoms with van der Waals surface area (Å²) in [4.78, 5) is 2.22. The molecule has 3 aromatic rings. The van der Waals surface area contributed by atoms with Crippen molar-refractivity contribution in [3.63, 3.8) is 0 Å². The maximum absolute atomic E-state index is 12.7.